The molecule has 2 heterocycles. The van der Waals surface area contributed by atoms with Crippen molar-refractivity contribution in [2.45, 2.75) is 40.2 Å². The van der Waals surface area contributed by atoms with E-state index in [1.54, 1.807) is 24.5 Å². The van der Waals surface area contributed by atoms with Crippen molar-refractivity contribution in [1.29, 1.82) is 0 Å². The fourth-order valence-corrected chi connectivity index (χ4v) is 2.80. The highest BCUT2D eigenvalue weighted by Crippen LogP contribution is 2.20. The topological polar surface area (TPSA) is 46.9 Å². The maximum atomic E-state index is 11.9. The van der Waals surface area contributed by atoms with E-state index in [1.165, 1.54) is 17.0 Å². The van der Waals surface area contributed by atoms with Gasteiger partial charge >= 0.3 is 0 Å². The number of nitrogens with one attached hydrogen (secondary N) is 1. The molecule has 0 aliphatic rings. The molecule has 0 saturated carbocycles. The van der Waals surface area contributed by atoms with Gasteiger partial charge < -0.3 is 9.88 Å². The van der Waals surface area contributed by atoms with E-state index in [1.807, 2.05) is 0 Å². The monoisotopic (exact) mass is 321 g/mol. The molecular weight excluding hydrogens is 298 g/mol. The molecular formula is C17H24ClN3O. The molecule has 4 nitrogen and oxygen atoms in total. The molecule has 5 heteroatoms. The summed E-state index contributed by atoms with van der Waals surface area (Å²) in [5.74, 6) is -0.0687. The lowest BCUT2D eigenvalue weighted by Crippen LogP contribution is -2.25. The van der Waals surface area contributed by atoms with Crippen molar-refractivity contribution >= 4 is 18.3 Å². The first-order chi connectivity index (χ1) is 10.0. The quantitative estimate of drug-likeness (QED) is 0.916. The fourth-order valence-electron chi connectivity index (χ4n) is 2.80. The van der Waals surface area contributed by atoms with Gasteiger partial charge in [-0.3, -0.25) is 9.78 Å². The van der Waals surface area contributed by atoms with Crippen LogP contribution in [0.4, 0.5) is 0 Å². The summed E-state index contributed by atoms with van der Waals surface area (Å²) >= 11 is 0. The van der Waals surface area contributed by atoms with Gasteiger partial charge in [-0.05, 0) is 57.9 Å². The summed E-state index contributed by atoms with van der Waals surface area (Å²) in [7, 11) is 0. The summed E-state index contributed by atoms with van der Waals surface area (Å²) in [6, 6.07) is 6.22. The number of hydrogen-bond acceptors (Lipinski definition) is 2. The third-order valence-corrected chi connectivity index (χ3v) is 3.71. The maximum Gasteiger partial charge on any atom is 0.252 e. The zero-order chi connectivity index (χ0) is 15.4. The van der Waals surface area contributed by atoms with E-state index in [0.717, 1.165) is 6.42 Å². The Morgan fingerprint density at radius 1 is 1.36 bits per heavy atom. The number of amides is 1. The summed E-state index contributed by atoms with van der Waals surface area (Å²) in [6.45, 7) is 9.29. The Bertz CT molecular complexity index is 620. The van der Waals surface area contributed by atoms with Crippen molar-refractivity contribution in [3.8, 4) is 0 Å². The van der Waals surface area contributed by atoms with Gasteiger partial charge in [0.05, 0.1) is 5.56 Å². The number of carbonyl (C=O) groups excluding carboxylic acids is 1. The van der Waals surface area contributed by atoms with E-state index < -0.39 is 0 Å². The molecule has 1 amide bonds. The molecule has 2 aromatic heterocycles. The third kappa shape index (κ3) is 4.10. The minimum absolute atomic E-state index is 0. The summed E-state index contributed by atoms with van der Waals surface area (Å²) < 4.78 is 2.33. The Balaban J connectivity index is 0.00000242. The van der Waals surface area contributed by atoms with Crippen molar-refractivity contribution < 1.29 is 4.79 Å². The molecule has 2 aromatic rings. The van der Waals surface area contributed by atoms with Gasteiger partial charge in [0.25, 0.3) is 5.91 Å². The van der Waals surface area contributed by atoms with Gasteiger partial charge in [-0.2, -0.15) is 0 Å². The smallest absolute Gasteiger partial charge is 0.252 e. The van der Waals surface area contributed by atoms with Crippen LogP contribution in [0.2, 0.25) is 0 Å². The maximum absolute atomic E-state index is 11.9. The second-order valence-corrected chi connectivity index (χ2v) is 5.61. The minimum atomic E-state index is -0.0687. The van der Waals surface area contributed by atoms with Crippen LogP contribution in [0.3, 0.4) is 0 Å². The Kier molecular flexibility index (Phi) is 6.62. The van der Waals surface area contributed by atoms with Gasteiger partial charge in [-0.1, -0.05) is 0 Å². The van der Waals surface area contributed by atoms with Crippen LogP contribution in [-0.4, -0.2) is 22.0 Å². The molecule has 0 aromatic carbocycles. The molecule has 0 aliphatic heterocycles. The van der Waals surface area contributed by atoms with Crippen LogP contribution >= 0.6 is 12.4 Å². The van der Waals surface area contributed by atoms with Crippen LogP contribution in [0.15, 0.2) is 30.6 Å². The molecule has 0 bridgehead atoms. The average Bonchev–Trinajstić information content (AvgIpc) is 2.74. The third-order valence-electron chi connectivity index (χ3n) is 3.71. The summed E-state index contributed by atoms with van der Waals surface area (Å²) in [5.41, 5.74) is 4.46. The summed E-state index contributed by atoms with van der Waals surface area (Å²) in [4.78, 5) is 15.9. The number of rotatable bonds is 5. The molecule has 0 spiro atoms. The predicted molar refractivity (Wildman–Crippen MR) is 91.8 cm³/mol. The largest absolute Gasteiger partial charge is 0.352 e. The zero-order valence-electron chi connectivity index (χ0n) is 13.6. The highest BCUT2D eigenvalue weighted by Gasteiger charge is 2.11. The second kappa shape index (κ2) is 7.99. The average molecular weight is 322 g/mol. The molecule has 2 rings (SSSR count). The molecule has 0 saturated heterocycles. The Labute approximate surface area is 138 Å². The highest BCUT2D eigenvalue weighted by atomic mass is 35.5. The number of nitrogens with zero attached hydrogens (tertiary/aromatic N) is 2. The van der Waals surface area contributed by atoms with Crippen LogP contribution in [-0.2, 0) is 6.42 Å². The molecule has 1 N–H and O–H groups in total. The second-order valence-electron chi connectivity index (χ2n) is 5.61. The van der Waals surface area contributed by atoms with Gasteiger partial charge in [0.1, 0.15) is 0 Å². The molecule has 0 aliphatic carbocycles. The Morgan fingerprint density at radius 3 is 2.64 bits per heavy atom. The van der Waals surface area contributed by atoms with Gasteiger partial charge in [0.2, 0.25) is 0 Å². The highest BCUT2D eigenvalue weighted by molar-refractivity contribution is 5.93. The standard InChI is InChI=1S/C17H23N3O.ClH/c1-12(2)20-13(3)10-15(14(20)4)7-9-19-17(21)16-6-5-8-18-11-16;/h5-6,8,10-12H,7,9H2,1-4H3,(H,19,21);1H. The lowest BCUT2D eigenvalue weighted by molar-refractivity contribution is 0.0953. The number of pyridine rings is 1. The van der Waals surface area contributed by atoms with Gasteiger partial charge in [-0.15, -0.1) is 12.4 Å². The van der Waals surface area contributed by atoms with Crippen molar-refractivity contribution in [2.75, 3.05) is 6.54 Å². The van der Waals surface area contributed by atoms with Gasteiger partial charge in [0, 0.05) is 36.4 Å². The molecule has 0 unspecified atom stereocenters. The molecule has 0 atom stereocenters. The number of aromatic nitrogens is 2. The predicted octanol–water partition coefficient (Wildman–Crippen LogP) is 3.48. The molecule has 22 heavy (non-hydrogen) atoms. The summed E-state index contributed by atoms with van der Waals surface area (Å²) in [6.07, 6.45) is 4.09. The number of aryl methyl sites for hydroxylation is 1. The van der Waals surface area contributed by atoms with Crippen LogP contribution in [0, 0.1) is 13.8 Å². The van der Waals surface area contributed by atoms with E-state index in [-0.39, 0.29) is 18.3 Å². The molecule has 0 radical (unpaired) electrons. The van der Waals surface area contributed by atoms with E-state index in [0.29, 0.717) is 18.2 Å². The number of carbonyl (C=O) groups is 1. The minimum Gasteiger partial charge on any atom is -0.352 e. The fraction of sp³-hybridized carbons (Fsp3) is 0.412. The first kappa shape index (κ1) is 18.2. The van der Waals surface area contributed by atoms with Gasteiger partial charge in [0.15, 0.2) is 0 Å². The van der Waals surface area contributed by atoms with Crippen molar-refractivity contribution in [2.24, 2.45) is 0 Å². The zero-order valence-corrected chi connectivity index (χ0v) is 14.4. The van der Waals surface area contributed by atoms with E-state index in [4.69, 9.17) is 0 Å². The molecule has 0 fully saturated rings. The summed E-state index contributed by atoms with van der Waals surface area (Å²) in [5, 5.41) is 2.94. The SMILES string of the molecule is Cc1cc(CCNC(=O)c2cccnc2)c(C)n1C(C)C.Cl. The van der Waals surface area contributed by atoms with Crippen LogP contribution in [0.1, 0.15) is 47.2 Å². The van der Waals surface area contributed by atoms with E-state index >= 15 is 0 Å². The Hall–Kier alpha value is -1.81. The van der Waals surface area contributed by atoms with Crippen LogP contribution in [0.25, 0.3) is 0 Å². The first-order valence-electron chi connectivity index (χ1n) is 7.36. The van der Waals surface area contributed by atoms with Crippen molar-refractivity contribution in [1.82, 2.24) is 14.9 Å². The number of hydrogen-bond donors (Lipinski definition) is 1. The van der Waals surface area contributed by atoms with E-state index in [2.05, 4.69) is 48.6 Å². The van der Waals surface area contributed by atoms with Crippen molar-refractivity contribution in [3.63, 3.8) is 0 Å². The van der Waals surface area contributed by atoms with Crippen LogP contribution < -0.4 is 5.32 Å². The Morgan fingerprint density at radius 2 is 2.09 bits per heavy atom. The number of halogens is 1. The van der Waals surface area contributed by atoms with E-state index in [9.17, 15) is 4.79 Å². The van der Waals surface area contributed by atoms with Crippen molar-refractivity contribution in [3.05, 3.63) is 53.1 Å². The lowest BCUT2D eigenvalue weighted by Gasteiger charge is -2.14. The van der Waals surface area contributed by atoms with Crippen LogP contribution in [0.5, 0.6) is 0 Å². The first-order valence-corrected chi connectivity index (χ1v) is 7.36. The normalized spacial score (nSPS) is 10.4. The van der Waals surface area contributed by atoms with Gasteiger partial charge in [-0.25, -0.2) is 0 Å². The lowest BCUT2D eigenvalue weighted by atomic mass is 10.1. The molecule has 120 valence electrons.